The minimum absolute atomic E-state index is 0.0871. The Balaban J connectivity index is 1.95. The van der Waals surface area contributed by atoms with E-state index >= 15 is 0 Å². The largest absolute Gasteiger partial charge is 0.364 e. The molecule has 0 aromatic carbocycles. The van der Waals surface area contributed by atoms with E-state index in [4.69, 9.17) is 10.5 Å². The van der Waals surface area contributed by atoms with E-state index in [1.807, 2.05) is 4.90 Å². The quantitative estimate of drug-likeness (QED) is 0.805. The topological polar surface area (TPSA) is 55.6 Å². The van der Waals surface area contributed by atoms with Crippen molar-refractivity contribution in [3.8, 4) is 0 Å². The summed E-state index contributed by atoms with van der Waals surface area (Å²) < 4.78 is 5.70. The molecule has 4 nitrogen and oxygen atoms in total. The van der Waals surface area contributed by atoms with E-state index in [9.17, 15) is 4.79 Å². The van der Waals surface area contributed by atoms with Gasteiger partial charge in [-0.2, -0.15) is 0 Å². The van der Waals surface area contributed by atoms with Crippen LogP contribution in [0, 0.1) is 5.92 Å². The molecule has 0 saturated carbocycles. The molecule has 2 fully saturated rings. The second kappa shape index (κ2) is 5.36. The Labute approximate surface area is 103 Å². The molecule has 2 aliphatic heterocycles. The molecule has 0 aromatic rings. The fourth-order valence-electron chi connectivity index (χ4n) is 3.05. The summed E-state index contributed by atoms with van der Waals surface area (Å²) in [5, 5.41) is 0. The first-order valence-corrected chi connectivity index (χ1v) is 6.81. The van der Waals surface area contributed by atoms with Gasteiger partial charge < -0.3 is 15.4 Å². The van der Waals surface area contributed by atoms with Crippen molar-refractivity contribution < 1.29 is 9.53 Å². The van der Waals surface area contributed by atoms with Gasteiger partial charge in [0.15, 0.2) is 0 Å². The van der Waals surface area contributed by atoms with Crippen molar-refractivity contribution in [2.45, 2.75) is 57.8 Å². The monoisotopic (exact) mass is 240 g/mol. The lowest BCUT2D eigenvalue weighted by Gasteiger charge is -2.26. The number of likely N-dealkylation sites (tertiary alicyclic amines) is 1. The lowest BCUT2D eigenvalue weighted by Crippen LogP contribution is -2.42. The maximum Gasteiger partial charge on any atom is 0.251 e. The highest BCUT2D eigenvalue weighted by atomic mass is 16.5. The molecule has 0 radical (unpaired) electrons. The van der Waals surface area contributed by atoms with Crippen LogP contribution in [0.25, 0.3) is 0 Å². The second-order valence-electron chi connectivity index (χ2n) is 5.45. The van der Waals surface area contributed by atoms with Crippen molar-refractivity contribution in [3.63, 3.8) is 0 Å². The standard InChI is InChI=1S/C13H24N2O2/c1-3-10-6-9(2)8-15(10)13(16)12-5-4-11(7-14)17-12/h9-12H,3-8,14H2,1-2H3/t9?,10?,11-,12+/m1/s1. The molecule has 98 valence electrons. The van der Waals surface area contributed by atoms with Crippen LogP contribution in [0.1, 0.15) is 39.5 Å². The van der Waals surface area contributed by atoms with Gasteiger partial charge in [-0.1, -0.05) is 13.8 Å². The number of hydrogen-bond acceptors (Lipinski definition) is 3. The van der Waals surface area contributed by atoms with Crippen LogP contribution >= 0.6 is 0 Å². The Morgan fingerprint density at radius 3 is 2.82 bits per heavy atom. The number of carbonyl (C=O) groups is 1. The van der Waals surface area contributed by atoms with Crippen LogP contribution < -0.4 is 5.73 Å². The van der Waals surface area contributed by atoms with Gasteiger partial charge in [-0.05, 0) is 31.6 Å². The van der Waals surface area contributed by atoms with Crippen LogP contribution in [0.5, 0.6) is 0 Å². The summed E-state index contributed by atoms with van der Waals surface area (Å²) in [7, 11) is 0. The van der Waals surface area contributed by atoms with Gasteiger partial charge >= 0.3 is 0 Å². The molecule has 0 aromatic heterocycles. The Bertz CT molecular complexity index is 283. The first-order chi connectivity index (χ1) is 8.15. The van der Waals surface area contributed by atoms with Crippen LogP contribution in [-0.2, 0) is 9.53 Å². The van der Waals surface area contributed by atoms with Crippen molar-refractivity contribution >= 4 is 5.91 Å². The van der Waals surface area contributed by atoms with Gasteiger partial charge in [0.2, 0.25) is 0 Å². The zero-order valence-corrected chi connectivity index (χ0v) is 10.9. The highest BCUT2D eigenvalue weighted by Gasteiger charge is 2.38. The van der Waals surface area contributed by atoms with Crippen molar-refractivity contribution in [1.82, 2.24) is 4.90 Å². The molecule has 0 spiro atoms. The first-order valence-electron chi connectivity index (χ1n) is 6.81. The van der Waals surface area contributed by atoms with Crippen LogP contribution in [-0.4, -0.2) is 42.1 Å². The molecule has 1 amide bonds. The number of amides is 1. The van der Waals surface area contributed by atoms with Gasteiger partial charge in [0.25, 0.3) is 5.91 Å². The van der Waals surface area contributed by atoms with Gasteiger partial charge in [-0.3, -0.25) is 4.79 Å². The predicted molar refractivity (Wildman–Crippen MR) is 66.5 cm³/mol. The summed E-state index contributed by atoms with van der Waals surface area (Å²) >= 11 is 0. The zero-order chi connectivity index (χ0) is 12.4. The molecular formula is C13H24N2O2. The van der Waals surface area contributed by atoms with Crippen molar-refractivity contribution in [2.24, 2.45) is 11.7 Å². The smallest absolute Gasteiger partial charge is 0.251 e. The van der Waals surface area contributed by atoms with E-state index in [1.54, 1.807) is 0 Å². The number of rotatable bonds is 3. The molecule has 0 aliphatic carbocycles. The summed E-state index contributed by atoms with van der Waals surface area (Å²) in [5.41, 5.74) is 5.58. The van der Waals surface area contributed by atoms with Crippen molar-refractivity contribution in [1.29, 1.82) is 0 Å². The average molecular weight is 240 g/mol. The third-order valence-electron chi connectivity index (χ3n) is 4.02. The Morgan fingerprint density at radius 2 is 2.24 bits per heavy atom. The number of carbonyl (C=O) groups excluding carboxylic acids is 1. The van der Waals surface area contributed by atoms with Gasteiger partial charge in [0, 0.05) is 19.1 Å². The highest BCUT2D eigenvalue weighted by Crippen LogP contribution is 2.29. The lowest BCUT2D eigenvalue weighted by atomic mass is 10.1. The van der Waals surface area contributed by atoms with Gasteiger partial charge in [-0.15, -0.1) is 0 Å². The average Bonchev–Trinajstić information content (AvgIpc) is 2.93. The number of ether oxygens (including phenoxy) is 1. The van der Waals surface area contributed by atoms with Crippen LogP contribution in [0.15, 0.2) is 0 Å². The fraction of sp³-hybridized carbons (Fsp3) is 0.923. The summed E-state index contributed by atoms with van der Waals surface area (Å²) in [6, 6.07) is 0.415. The molecular weight excluding hydrogens is 216 g/mol. The van der Waals surface area contributed by atoms with E-state index in [2.05, 4.69) is 13.8 Å². The molecule has 2 unspecified atom stereocenters. The summed E-state index contributed by atoms with van der Waals surface area (Å²) in [6.45, 7) is 5.79. The summed E-state index contributed by atoms with van der Waals surface area (Å²) in [5.74, 6) is 0.813. The second-order valence-corrected chi connectivity index (χ2v) is 5.45. The highest BCUT2D eigenvalue weighted by molar-refractivity contribution is 5.81. The van der Waals surface area contributed by atoms with E-state index in [1.165, 1.54) is 0 Å². The number of hydrogen-bond donors (Lipinski definition) is 1. The predicted octanol–water partition coefficient (Wildman–Crippen LogP) is 1.14. The fourth-order valence-corrected chi connectivity index (χ4v) is 3.05. The van der Waals surface area contributed by atoms with E-state index < -0.39 is 0 Å². The van der Waals surface area contributed by atoms with Crippen LogP contribution in [0.2, 0.25) is 0 Å². The Kier molecular flexibility index (Phi) is 4.05. The molecule has 2 aliphatic rings. The van der Waals surface area contributed by atoms with Crippen molar-refractivity contribution in [2.75, 3.05) is 13.1 Å². The minimum atomic E-state index is -0.233. The first kappa shape index (κ1) is 12.8. The Morgan fingerprint density at radius 1 is 1.47 bits per heavy atom. The molecule has 4 atom stereocenters. The van der Waals surface area contributed by atoms with Crippen LogP contribution in [0.4, 0.5) is 0 Å². The molecule has 2 heterocycles. The number of nitrogens with two attached hydrogens (primary N) is 1. The summed E-state index contributed by atoms with van der Waals surface area (Å²) in [6.07, 6.45) is 3.79. The van der Waals surface area contributed by atoms with Crippen molar-refractivity contribution in [3.05, 3.63) is 0 Å². The van der Waals surface area contributed by atoms with Crippen LogP contribution in [0.3, 0.4) is 0 Å². The molecule has 2 N–H and O–H groups in total. The SMILES string of the molecule is CCC1CC(C)CN1C(=O)[C@@H]1CC[C@H](CN)O1. The maximum atomic E-state index is 12.4. The zero-order valence-electron chi connectivity index (χ0n) is 10.9. The third-order valence-corrected chi connectivity index (χ3v) is 4.02. The molecule has 4 heteroatoms. The minimum Gasteiger partial charge on any atom is -0.364 e. The third kappa shape index (κ3) is 2.63. The maximum absolute atomic E-state index is 12.4. The molecule has 2 rings (SSSR count). The van der Waals surface area contributed by atoms with Gasteiger partial charge in [0.1, 0.15) is 6.10 Å². The van der Waals surface area contributed by atoms with Gasteiger partial charge in [-0.25, -0.2) is 0 Å². The molecule has 2 saturated heterocycles. The molecule has 0 bridgehead atoms. The number of nitrogens with zero attached hydrogens (tertiary/aromatic N) is 1. The Hall–Kier alpha value is -0.610. The van der Waals surface area contributed by atoms with E-state index in [0.29, 0.717) is 18.5 Å². The lowest BCUT2D eigenvalue weighted by molar-refractivity contribution is -0.143. The molecule has 17 heavy (non-hydrogen) atoms. The van der Waals surface area contributed by atoms with E-state index in [0.717, 1.165) is 32.2 Å². The normalized spacial score (nSPS) is 37.7. The summed E-state index contributed by atoms with van der Waals surface area (Å²) in [4.78, 5) is 14.4. The van der Waals surface area contributed by atoms with E-state index in [-0.39, 0.29) is 18.1 Å². The van der Waals surface area contributed by atoms with Gasteiger partial charge in [0.05, 0.1) is 6.10 Å².